The van der Waals surface area contributed by atoms with Crippen LogP contribution in [0.4, 0.5) is 5.00 Å². The van der Waals surface area contributed by atoms with E-state index in [1.165, 1.54) is 0 Å². The van der Waals surface area contributed by atoms with Gasteiger partial charge in [-0.15, -0.1) is 11.3 Å². The van der Waals surface area contributed by atoms with Crippen LogP contribution in [-0.4, -0.2) is 46.8 Å². The van der Waals surface area contributed by atoms with Crippen LogP contribution in [0, 0.1) is 0 Å². The zero-order valence-corrected chi connectivity index (χ0v) is 19.1. The van der Waals surface area contributed by atoms with E-state index in [1.54, 1.807) is 24.7 Å². The molecule has 6 nitrogen and oxygen atoms in total. The number of nitrogens with one attached hydrogen (secondary N) is 1. The number of ether oxygens (including phenoxy) is 2. The molecule has 1 aliphatic heterocycles. The highest BCUT2D eigenvalue weighted by atomic mass is 32.2. The summed E-state index contributed by atoms with van der Waals surface area (Å²) in [6.07, 6.45) is 1.67. The Morgan fingerprint density at radius 2 is 2.07 bits per heavy atom. The van der Waals surface area contributed by atoms with E-state index in [0.29, 0.717) is 30.4 Å². The maximum Gasteiger partial charge on any atom is 0.255 e. The summed E-state index contributed by atoms with van der Waals surface area (Å²) in [4.78, 5) is 15.0. The zero-order chi connectivity index (χ0) is 21.1. The van der Waals surface area contributed by atoms with Crippen molar-refractivity contribution in [3.05, 3.63) is 40.3 Å². The number of hydrogen-bond acceptors (Lipinski definition) is 6. The molecule has 3 rings (SSSR count). The number of rotatable bonds is 9. The van der Waals surface area contributed by atoms with Crippen molar-refractivity contribution in [2.75, 3.05) is 31.0 Å². The van der Waals surface area contributed by atoms with Crippen molar-refractivity contribution in [3.63, 3.8) is 0 Å². The molecule has 2 heterocycles. The average Bonchev–Trinajstić information content (AvgIpc) is 3.20. The fourth-order valence-electron chi connectivity index (χ4n) is 3.51. The lowest BCUT2D eigenvalue weighted by Crippen LogP contribution is -2.32. The Balaban J connectivity index is 1.96. The molecular weight excluding hydrogens is 408 g/mol. The van der Waals surface area contributed by atoms with E-state index in [2.05, 4.69) is 19.2 Å². The molecule has 0 saturated carbocycles. The molecule has 158 valence electrons. The number of anilines is 1. The lowest BCUT2D eigenvalue weighted by Gasteiger charge is -2.28. The van der Waals surface area contributed by atoms with Crippen LogP contribution >= 0.6 is 11.3 Å². The summed E-state index contributed by atoms with van der Waals surface area (Å²) in [7, 11) is 0.527. The minimum atomic E-state index is -1.07. The summed E-state index contributed by atoms with van der Waals surface area (Å²) >= 11 is 1.57. The van der Waals surface area contributed by atoms with Gasteiger partial charge in [-0.3, -0.25) is 9.00 Å². The maximum atomic E-state index is 13.2. The smallest absolute Gasteiger partial charge is 0.255 e. The Morgan fingerprint density at radius 3 is 2.69 bits per heavy atom. The van der Waals surface area contributed by atoms with E-state index in [9.17, 15) is 9.00 Å². The minimum Gasteiger partial charge on any atom is -0.493 e. The molecule has 0 bridgehead atoms. The van der Waals surface area contributed by atoms with Crippen LogP contribution in [0.1, 0.15) is 48.3 Å². The van der Waals surface area contributed by atoms with E-state index in [1.807, 2.05) is 35.4 Å². The second-order valence-corrected chi connectivity index (χ2v) is 9.65. The van der Waals surface area contributed by atoms with Crippen molar-refractivity contribution < 1.29 is 18.5 Å². The molecule has 8 heteroatoms. The van der Waals surface area contributed by atoms with Gasteiger partial charge in [0.2, 0.25) is 0 Å². The van der Waals surface area contributed by atoms with E-state index in [0.717, 1.165) is 21.7 Å². The maximum absolute atomic E-state index is 13.2. The van der Waals surface area contributed by atoms with Gasteiger partial charge in [-0.25, -0.2) is 0 Å². The number of nitrogens with zero attached hydrogens (tertiary/aromatic N) is 1. The number of fused-ring (bicyclic) bond motifs is 1. The largest absolute Gasteiger partial charge is 0.493 e. The molecule has 0 radical (unpaired) electrons. The molecule has 1 aliphatic rings. The monoisotopic (exact) mass is 436 g/mol. The van der Waals surface area contributed by atoms with Crippen molar-refractivity contribution in [2.24, 2.45) is 0 Å². The van der Waals surface area contributed by atoms with Crippen LogP contribution in [0.3, 0.4) is 0 Å². The van der Waals surface area contributed by atoms with Gasteiger partial charge in [0, 0.05) is 39.8 Å². The molecule has 29 heavy (non-hydrogen) atoms. The first-order valence-corrected chi connectivity index (χ1v) is 12.2. The minimum absolute atomic E-state index is 0.0164. The summed E-state index contributed by atoms with van der Waals surface area (Å²) in [5, 5.41) is 6.38. The Bertz CT molecular complexity index is 910. The van der Waals surface area contributed by atoms with Gasteiger partial charge in [0.25, 0.3) is 5.91 Å². The van der Waals surface area contributed by atoms with Crippen LogP contribution in [-0.2, 0) is 17.3 Å². The summed E-state index contributed by atoms with van der Waals surface area (Å²) in [5.41, 5.74) is 2.66. The van der Waals surface area contributed by atoms with Crippen LogP contribution < -0.4 is 14.8 Å². The van der Waals surface area contributed by atoms with Crippen LogP contribution in [0.25, 0.3) is 0 Å². The molecule has 1 aromatic heterocycles. The molecule has 0 spiro atoms. The number of methoxy groups -OCH3 is 1. The van der Waals surface area contributed by atoms with Crippen molar-refractivity contribution >= 4 is 33.0 Å². The first-order valence-electron chi connectivity index (χ1n) is 9.64. The molecule has 1 N–H and O–H groups in total. The second-order valence-electron chi connectivity index (χ2n) is 7.29. The van der Waals surface area contributed by atoms with Crippen LogP contribution in [0.15, 0.2) is 23.6 Å². The third-order valence-electron chi connectivity index (χ3n) is 4.77. The van der Waals surface area contributed by atoms with Gasteiger partial charge in [-0.1, -0.05) is 6.07 Å². The normalized spacial score (nSPS) is 15.4. The Labute approximate surface area is 178 Å². The number of carbonyl (C=O) groups is 1. The van der Waals surface area contributed by atoms with Crippen molar-refractivity contribution in [3.8, 4) is 11.5 Å². The quantitative estimate of drug-likeness (QED) is 0.642. The van der Waals surface area contributed by atoms with Gasteiger partial charge >= 0.3 is 0 Å². The van der Waals surface area contributed by atoms with Gasteiger partial charge in [0.05, 0.1) is 36.9 Å². The second kappa shape index (κ2) is 9.17. The van der Waals surface area contributed by atoms with Gasteiger partial charge in [0.1, 0.15) is 0 Å². The summed E-state index contributed by atoms with van der Waals surface area (Å²) in [6.45, 7) is 7.08. The van der Waals surface area contributed by atoms with Crippen LogP contribution in [0.2, 0.25) is 0 Å². The third-order valence-corrected chi connectivity index (χ3v) is 6.51. The van der Waals surface area contributed by atoms with Crippen molar-refractivity contribution in [1.29, 1.82) is 0 Å². The molecule has 2 atom stereocenters. The van der Waals surface area contributed by atoms with Crippen LogP contribution in [0.5, 0.6) is 11.5 Å². The molecule has 1 amide bonds. The van der Waals surface area contributed by atoms with Crippen molar-refractivity contribution in [2.45, 2.75) is 39.4 Å². The fraction of sp³-hybridized carbons (Fsp3) is 0.476. The van der Waals surface area contributed by atoms with E-state index in [4.69, 9.17) is 9.47 Å². The molecule has 1 aromatic carbocycles. The first kappa shape index (κ1) is 21.6. The van der Waals surface area contributed by atoms with Gasteiger partial charge in [-0.05, 0) is 38.5 Å². The number of hydrogen-bond donors (Lipinski definition) is 1. The third kappa shape index (κ3) is 4.59. The van der Waals surface area contributed by atoms with Gasteiger partial charge < -0.3 is 19.7 Å². The van der Waals surface area contributed by atoms with E-state index >= 15 is 0 Å². The molecule has 0 saturated heterocycles. The number of amides is 1. The highest BCUT2D eigenvalue weighted by Gasteiger charge is 2.37. The Hall–Kier alpha value is -2.06. The summed E-state index contributed by atoms with van der Waals surface area (Å²) in [5.74, 6) is 1.62. The van der Waals surface area contributed by atoms with Gasteiger partial charge in [-0.2, -0.15) is 0 Å². The number of carbonyl (C=O) groups excluding carboxylic acids is 1. The standard InChI is InChI=1S/C21H28N2O4S2/c1-6-27-19-9-14(7-8-18(19)26-4)17(12-29(5)25)23-10-15-16(21(23)24)11-28-20(15)22-13(2)3/h7-9,11,13,17,22H,6,10,12H2,1-5H3. The lowest BCUT2D eigenvalue weighted by molar-refractivity contribution is 0.0719. The fourth-order valence-corrected chi connectivity index (χ4v) is 5.42. The Morgan fingerprint density at radius 1 is 1.31 bits per heavy atom. The topological polar surface area (TPSA) is 67.9 Å². The van der Waals surface area contributed by atoms with Crippen molar-refractivity contribution in [1.82, 2.24) is 4.90 Å². The molecular formula is C21H28N2O4S2. The Kier molecular flexibility index (Phi) is 6.85. The van der Waals surface area contributed by atoms with E-state index < -0.39 is 10.8 Å². The summed E-state index contributed by atoms with van der Waals surface area (Å²) in [6, 6.07) is 5.64. The highest BCUT2D eigenvalue weighted by Crippen LogP contribution is 2.41. The molecule has 0 fully saturated rings. The zero-order valence-electron chi connectivity index (χ0n) is 17.5. The number of thiophene rings is 1. The number of benzene rings is 1. The highest BCUT2D eigenvalue weighted by molar-refractivity contribution is 7.84. The average molecular weight is 437 g/mol. The molecule has 0 aliphatic carbocycles. The van der Waals surface area contributed by atoms with Gasteiger partial charge in [0.15, 0.2) is 11.5 Å². The predicted octanol–water partition coefficient (Wildman–Crippen LogP) is 4.05. The molecule has 2 aromatic rings. The summed E-state index contributed by atoms with van der Waals surface area (Å²) < 4.78 is 23.2. The lowest BCUT2D eigenvalue weighted by atomic mass is 10.1. The first-order chi connectivity index (χ1) is 13.8. The van der Waals surface area contributed by atoms with E-state index in [-0.39, 0.29) is 18.0 Å². The molecule has 2 unspecified atom stereocenters. The predicted molar refractivity (Wildman–Crippen MR) is 119 cm³/mol. The SMILES string of the molecule is CCOc1cc(C(CS(C)=O)N2Cc3c(csc3NC(C)C)C2=O)ccc1OC.